The van der Waals surface area contributed by atoms with E-state index < -0.39 is 15.8 Å². The van der Waals surface area contributed by atoms with Crippen molar-refractivity contribution in [2.45, 2.75) is 39.5 Å². The van der Waals surface area contributed by atoms with Crippen LogP contribution >= 0.6 is 15.8 Å². The molecule has 0 atom stereocenters. The highest BCUT2D eigenvalue weighted by Crippen LogP contribution is 2.37. The van der Waals surface area contributed by atoms with Crippen molar-refractivity contribution in [2.24, 2.45) is 0 Å². The predicted octanol–water partition coefficient (Wildman–Crippen LogP) is 8.11. The Labute approximate surface area is 266 Å². The van der Waals surface area contributed by atoms with E-state index in [0.29, 0.717) is 0 Å². The van der Waals surface area contributed by atoms with Gasteiger partial charge in [-0.3, -0.25) is 0 Å². The van der Waals surface area contributed by atoms with Gasteiger partial charge in [0.15, 0.2) is 0 Å². The summed E-state index contributed by atoms with van der Waals surface area (Å²) in [7, 11) is -1.26. The molecule has 0 N–H and O–H groups in total. The van der Waals surface area contributed by atoms with Gasteiger partial charge in [-0.05, 0) is 95.6 Å². The molecule has 6 aromatic rings. The molecular weight excluding hydrogens is 566 g/mol. The molecule has 0 aromatic heterocycles. The van der Waals surface area contributed by atoms with Crippen LogP contribution in [0.2, 0.25) is 0 Å². The Morgan fingerprint density at radius 1 is 0.341 bits per heavy atom. The second-order valence-corrected chi connectivity index (χ2v) is 15.3. The first kappa shape index (κ1) is 30.2. The molecule has 0 saturated carbocycles. The fourth-order valence-corrected chi connectivity index (χ4v) is 11.2. The zero-order valence-corrected chi connectivity index (χ0v) is 27.5. The van der Waals surface area contributed by atoms with Gasteiger partial charge in [-0.25, -0.2) is 0 Å². The van der Waals surface area contributed by atoms with E-state index in [9.17, 15) is 0 Å². The number of hydrogen-bond donors (Lipinski definition) is 0. The van der Waals surface area contributed by atoms with Crippen LogP contribution in [0.15, 0.2) is 158 Å². The smallest absolute Gasteiger partial charge is 0.0116 e. The molecular formula is C42H40P2. The van der Waals surface area contributed by atoms with Gasteiger partial charge in [0, 0.05) is 0 Å². The SMILES string of the molecule is CC.c1ccc(P(c2ccccc2)c2cc3ccc2CCc2ccc(c(P(c4ccccc4)c4ccccc4)c2)CC3)cc1. The first-order valence-electron chi connectivity index (χ1n) is 15.9. The third kappa shape index (κ3) is 6.79. The van der Waals surface area contributed by atoms with Gasteiger partial charge in [-0.15, -0.1) is 0 Å². The van der Waals surface area contributed by atoms with Gasteiger partial charge in [0.2, 0.25) is 0 Å². The van der Waals surface area contributed by atoms with Gasteiger partial charge in [0.25, 0.3) is 0 Å². The lowest BCUT2D eigenvalue weighted by atomic mass is 9.96. The second-order valence-electron chi connectivity index (χ2n) is 10.9. The summed E-state index contributed by atoms with van der Waals surface area (Å²) < 4.78 is 0. The van der Waals surface area contributed by atoms with Crippen molar-refractivity contribution in [2.75, 3.05) is 0 Å². The summed E-state index contributed by atoms with van der Waals surface area (Å²) in [6.45, 7) is 4.00. The topological polar surface area (TPSA) is 0 Å². The van der Waals surface area contributed by atoms with Crippen molar-refractivity contribution in [1.82, 2.24) is 0 Å². The Morgan fingerprint density at radius 3 is 0.932 bits per heavy atom. The van der Waals surface area contributed by atoms with E-state index >= 15 is 0 Å². The standard InChI is InChI=1S/C40H34P2.C2H6/c1-5-13-35(14-6-1)41(36-15-7-2-8-16-36)39-29-31-21-25-33(39)27-23-32-22-26-34(28-24-31)40(30-32)42(37-17-9-3-10-18-37)38-19-11-4-12-20-38;1-2/h1-22,25-26,29-30H,23-24,27-28H2;1-2H3. The van der Waals surface area contributed by atoms with Gasteiger partial charge in [-0.2, -0.15) is 0 Å². The van der Waals surface area contributed by atoms with Crippen molar-refractivity contribution in [3.8, 4) is 0 Å². The molecule has 6 aromatic carbocycles. The van der Waals surface area contributed by atoms with E-state index in [-0.39, 0.29) is 0 Å². The Morgan fingerprint density at radius 2 is 0.636 bits per heavy atom. The Kier molecular flexibility index (Phi) is 10.1. The monoisotopic (exact) mass is 606 g/mol. The predicted molar refractivity (Wildman–Crippen MR) is 196 cm³/mol. The summed E-state index contributed by atoms with van der Waals surface area (Å²) in [5, 5.41) is 8.73. The van der Waals surface area contributed by atoms with Crippen LogP contribution in [0.1, 0.15) is 36.1 Å². The minimum absolute atomic E-state index is 0.630. The van der Waals surface area contributed by atoms with E-state index in [1.54, 1.807) is 0 Å². The number of hydrogen-bond acceptors (Lipinski definition) is 0. The zero-order chi connectivity index (χ0) is 30.1. The first-order valence-corrected chi connectivity index (χ1v) is 18.6. The second kappa shape index (κ2) is 14.8. The van der Waals surface area contributed by atoms with Crippen LogP contribution in [0.5, 0.6) is 0 Å². The molecule has 0 fully saturated rings. The van der Waals surface area contributed by atoms with Crippen LogP contribution in [0.3, 0.4) is 0 Å². The molecule has 2 heteroatoms. The van der Waals surface area contributed by atoms with E-state index in [2.05, 4.69) is 158 Å². The maximum Gasteiger partial charge on any atom is -0.0116 e. The molecule has 0 saturated heterocycles. The zero-order valence-electron chi connectivity index (χ0n) is 25.7. The highest BCUT2D eigenvalue weighted by molar-refractivity contribution is 7.80. The van der Waals surface area contributed by atoms with Gasteiger partial charge >= 0.3 is 0 Å². The van der Waals surface area contributed by atoms with Gasteiger partial charge in [0.05, 0.1) is 0 Å². The van der Waals surface area contributed by atoms with Gasteiger partial charge in [-0.1, -0.05) is 172 Å². The molecule has 4 aliphatic rings. The third-order valence-electron chi connectivity index (χ3n) is 8.20. The average molecular weight is 607 g/mol. The van der Waals surface area contributed by atoms with E-state index in [1.807, 2.05) is 13.8 Å². The molecule has 0 aliphatic heterocycles. The van der Waals surface area contributed by atoms with Gasteiger partial charge < -0.3 is 0 Å². The summed E-state index contributed by atoms with van der Waals surface area (Å²) >= 11 is 0. The van der Waals surface area contributed by atoms with E-state index in [4.69, 9.17) is 0 Å². The highest BCUT2D eigenvalue weighted by atomic mass is 31.1. The molecule has 4 bridgehead atoms. The molecule has 0 unspecified atom stereocenters. The van der Waals surface area contributed by atoms with Crippen molar-refractivity contribution >= 4 is 47.7 Å². The van der Waals surface area contributed by atoms with Crippen LogP contribution in [0.4, 0.5) is 0 Å². The maximum absolute atomic E-state index is 2.55. The van der Waals surface area contributed by atoms with Crippen LogP contribution in [-0.2, 0) is 25.7 Å². The fourth-order valence-electron chi connectivity index (χ4n) is 6.09. The number of benzene rings is 6. The van der Waals surface area contributed by atoms with Crippen LogP contribution in [0, 0.1) is 0 Å². The Hall–Kier alpha value is -3.82. The summed E-state index contributed by atoms with van der Waals surface area (Å²) in [6, 6.07) is 59.3. The lowest BCUT2D eigenvalue weighted by molar-refractivity contribution is 0.933. The molecule has 0 spiro atoms. The number of rotatable bonds is 6. The van der Waals surface area contributed by atoms with Gasteiger partial charge in [0.1, 0.15) is 0 Å². The van der Waals surface area contributed by atoms with Crippen molar-refractivity contribution in [3.63, 3.8) is 0 Å². The van der Waals surface area contributed by atoms with Crippen LogP contribution in [0.25, 0.3) is 0 Å². The van der Waals surface area contributed by atoms with Crippen LogP contribution in [-0.4, -0.2) is 0 Å². The summed E-state index contributed by atoms with van der Waals surface area (Å²) in [5.41, 5.74) is 5.84. The maximum atomic E-state index is 2.55. The molecule has 4 aliphatic carbocycles. The third-order valence-corrected chi connectivity index (χ3v) is 13.3. The van der Waals surface area contributed by atoms with Crippen LogP contribution < -0.4 is 31.8 Å². The molecule has 0 nitrogen and oxygen atoms in total. The minimum Gasteiger partial charge on any atom is -0.0683 e. The Balaban J connectivity index is 0.00000168. The molecule has 10 rings (SSSR count). The minimum atomic E-state index is -0.630. The largest absolute Gasteiger partial charge is 0.0683 e. The van der Waals surface area contributed by atoms with Crippen molar-refractivity contribution in [3.05, 3.63) is 180 Å². The first-order chi connectivity index (χ1) is 21.8. The highest BCUT2D eigenvalue weighted by Gasteiger charge is 2.23. The molecule has 0 heterocycles. The quantitative estimate of drug-likeness (QED) is 0.168. The average Bonchev–Trinajstić information content (AvgIpc) is 3.09. The lowest BCUT2D eigenvalue weighted by Gasteiger charge is -2.26. The fraction of sp³-hybridized carbons (Fsp3) is 0.143. The van der Waals surface area contributed by atoms with Crippen molar-refractivity contribution < 1.29 is 0 Å². The molecule has 0 amide bonds. The summed E-state index contributed by atoms with van der Waals surface area (Å²) in [4.78, 5) is 0. The normalized spacial score (nSPS) is 12.4. The summed E-state index contributed by atoms with van der Waals surface area (Å²) in [5.74, 6) is 0. The molecule has 0 radical (unpaired) electrons. The van der Waals surface area contributed by atoms with Crippen molar-refractivity contribution in [1.29, 1.82) is 0 Å². The molecule has 218 valence electrons. The number of aryl methyl sites for hydroxylation is 4. The lowest BCUT2D eigenvalue weighted by Crippen LogP contribution is -2.26. The summed E-state index contributed by atoms with van der Waals surface area (Å²) in [6.07, 6.45) is 4.17. The van der Waals surface area contributed by atoms with E-state index in [1.165, 1.54) is 54.1 Å². The molecule has 44 heavy (non-hydrogen) atoms. The van der Waals surface area contributed by atoms with E-state index in [0.717, 1.165) is 25.7 Å². The Bertz CT molecular complexity index is 1550.